The molecule has 23 heavy (non-hydrogen) atoms. The number of rotatable bonds is 5. The Morgan fingerprint density at radius 2 is 1.87 bits per heavy atom. The van der Waals surface area contributed by atoms with Crippen molar-refractivity contribution < 1.29 is 9.59 Å². The molecule has 1 aliphatic heterocycles. The van der Waals surface area contributed by atoms with Crippen LogP contribution in [0.5, 0.6) is 0 Å². The number of carbonyl (C=O) groups excluding carboxylic acids is 2. The van der Waals surface area contributed by atoms with E-state index < -0.39 is 0 Å². The third kappa shape index (κ3) is 5.00. The van der Waals surface area contributed by atoms with Crippen LogP contribution in [-0.4, -0.2) is 58.8 Å². The monoisotopic (exact) mass is 338 g/mol. The molecule has 0 unspecified atom stereocenters. The number of aromatic nitrogens is 1. The Balaban J connectivity index is 1.84. The zero-order valence-electron chi connectivity index (χ0n) is 14.3. The minimum Gasteiger partial charge on any atom is -0.340 e. The van der Waals surface area contributed by atoms with Crippen molar-refractivity contribution in [3.63, 3.8) is 0 Å². The molecule has 2 amide bonds. The lowest BCUT2D eigenvalue weighted by atomic mass is 10.2. The van der Waals surface area contributed by atoms with Crippen molar-refractivity contribution in [1.29, 1.82) is 0 Å². The molecule has 128 valence electrons. The van der Waals surface area contributed by atoms with Gasteiger partial charge in [0.25, 0.3) is 0 Å². The minimum absolute atomic E-state index is 0.0537. The van der Waals surface area contributed by atoms with Gasteiger partial charge in [0, 0.05) is 43.5 Å². The van der Waals surface area contributed by atoms with Gasteiger partial charge in [0.15, 0.2) is 5.13 Å². The number of nitrogens with one attached hydrogen (secondary N) is 1. The van der Waals surface area contributed by atoms with Gasteiger partial charge in [-0.25, -0.2) is 4.98 Å². The van der Waals surface area contributed by atoms with Gasteiger partial charge in [-0.3, -0.25) is 14.5 Å². The molecule has 6 nitrogen and oxygen atoms in total. The van der Waals surface area contributed by atoms with Crippen molar-refractivity contribution in [2.75, 3.05) is 31.5 Å². The van der Waals surface area contributed by atoms with Crippen LogP contribution in [0.2, 0.25) is 0 Å². The van der Waals surface area contributed by atoms with Gasteiger partial charge in [-0.2, -0.15) is 0 Å². The second-order valence-electron chi connectivity index (χ2n) is 6.48. The summed E-state index contributed by atoms with van der Waals surface area (Å²) in [6, 6.07) is 0.526. The molecule has 2 rings (SSSR count). The molecule has 0 spiro atoms. The molecule has 1 saturated heterocycles. The first-order valence-corrected chi connectivity index (χ1v) is 9.02. The molecular weight excluding hydrogens is 312 g/mol. The van der Waals surface area contributed by atoms with Crippen LogP contribution in [0.15, 0.2) is 5.38 Å². The van der Waals surface area contributed by atoms with Gasteiger partial charge in [-0.05, 0) is 13.8 Å². The van der Waals surface area contributed by atoms with Crippen LogP contribution in [0.25, 0.3) is 0 Å². The molecule has 0 saturated carbocycles. The summed E-state index contributed by atoms with van der Waals surface area (Å²) in [5, 5.41) is 5.18. The fourth-order valence-electron chi connectivity index (χ4n) is 2.45. The Hall–Kier alpha value is -1.47. The third-order valence-corrected chi connectivity index (χ3v) is 4.84. The molecule has 1 aromatic rings. The van der Waals surface area contributed by atoms with Gasteiger partial charge in [0.1, 0.15) is 0 Å². The smallest absolute Gasteiger partial charge is 0.228 e. The first-order chi connectivity index (χ1) is 10.9. The normalized spacial score (nSPS) is 16.2. The van der Waals surface area contributed by atoms with Gasteiger partial charge in [-0.1, -0.05) is 13.8 Å². The van der Waals surface area contributed by atoms with Crippen LogP contribution in [0.3, 0.4) is 0 Å². The van der Waals surface area contributed by atoms with Crippen molar-refractivity contribution in [2.24, 2.45) is 5.92 Å². The van der Waals surface area contributed by atoms with Crippen LogP contribution in [0, 0.1) is 5.92 Å². The predicted molar refractivity (Wildman–Crippen MR) is 92.6 cm³/mol. The highest BCUT2D eigenvalue weighted by atomic mass is 32.1. The largest absolute Gasteiger partial charge is 0.340 e. The van der Waals surface area contributed by atoms with E-state index in [-0.39, 0.29) is 17.7 Å². The quantitative estimate of drug-likeness (QED) is 0.889. The highest BCUT2D eigenvalue weighted by Gasteiger charge is 2.23. The summed E-state index contributed by atoms with van der Waals surface area (Å²) >= 11 is 1.37. The van der Waals surface area contributed by atoms with E-state index in [2.05, 4.69) is 29.0 Å². The summed E-state index contributed by atoms with van der Waals surface area (Å²) in [5.74, 6) is -0.0243. The lowest BCUT2D eigenvalue weighted by Gasteiger charge is -2.36. The van der Waals surface area contributed by atoms with Gasteiger partial charge < -0.3 is 10.2 Å². The fourth-order valence-corrected chi connectivity index (χ4v) is 3.16. The molecule has 0 radical (unpaired) electrons. The summed E-state index contributed by atoms with van der Waals surface area (Å²) in [5.41, 5.74) is 0.727. The van der Waals surface area contributed by atoms with E-state index in [0.29, 0.717) is 17.6 Å². The lowest BCUT2D eigenvalue weighted by molar-refractivity contribution is -0.132. The van der Waals surface area contributed by atoms with Crippen molar-refractivity contribution in [1.82, 2.24) is 14.8 Å². The number of amides is 2. The number of nitrogens with zero attached hydrogens (tertiary/aromatic N) is 3. The molecule has 0 atom stereocenters. The second-order valence-corrected chi connectivity index (χ2v) is 7.33. The Morgan fingerprint density at radius 3 is 2.43 bits per heavy atom. The molecule has 1 aromatic heterocycles. The van der Waals surface area contributed by atoms with E-state index in [1.807, 2.05) is 24.1 Å². The van der Waals surface area contributed by atoms with E-state index in [4.69, 9.17) is 0 Å². The van der Waals surface area contributed by atoms with Crippen molar-refractivity contribution >= 4 is 28.3 Å². The van der Waals surface area contributed by atoms with Gasteiger partial charge in [0.05, 0.1) is 12.1 Å². The first kappa shape index (κ1) is 17.9. The summed E-state index contributed by atoms with van der Waals surface area (Å²) in [6.07, 6.45) is 0.301. The van der Waals surface area contributed by atoms with Gasteiger partial charge >= 0.3 is 0 Å². The Bertz CT molecular complexity index is 548. The molecule has 0 aliphatic carbocycles. The number of thiazole rings is 1. The van der Waals surface area contributed by atoms with Crippen molar-refractivity contribution in [3.8, 4) is 0 Å². The molecular formula is C16H26N4O2S. The fraction of sp³-hybridized carbons (Fsp3) is 0.688. The number of hydrogen-bond donors (Lipinski definition) is 1. The zero-order chi connectivity index (χ0) is 17.0. The summed E-state index contributed by atoms with van der Waals surface area (Å²) in [4.78, 5) is 32.6. The van der Waals surface area contributed by atoms with Crippen LogP contribution in [0.4, 0.5) is 5.13 Å². The molecule has 0 bridgehead atoms. The summed E-state index contributed by atoms with van der Waals surface area (Å²) in [7, 11) is 0. The van der Waals surface area contributed by atoms with E-state index in [1.165, 1.54) is 11.3 Å². The number of piperazine rings is 1. The maximum atomic E-state index is 12.4. The average molecular weight is 338 g/mol. The predicted octanol–water partition coefficient (Wildman–Crippen LogP) is 1.83. The molecule has 1 N–H and O–H groups in total. The van der Waals surface area contributed by atoms with Gasteiger partial charge in [-0.15, -0.1) is 11.3 Å². The van der Waals surface area contributed by atoms with Crippen molar-refractivity contribution in [2.45, 2.75) is 40.2 Å². The van der Waals surface area contributed by atoms with Crippen LogP contribution in [0.1, 0.15) is 33.4 Å². The van der Waals surface area contributed by atoms with E-state index in [1.54, 1.807) is 0 Å². The van der Waals surface area contributed by atoms with E-state index in [0.717, 1.165) is 31.9 Å². The minimum atomic E-state index is -0.0822. The first-order valence-electron chi connectivity index (χ1n) is 8.14. The molecule has 0 aromatic carbocycles. The number of anilines is 1. The lowest BCUT2D eigenvalue weighted by Crippen LogP contribution is -2.51. The van der Waals surface area contributed by atoms with Gasteiger partial charge in [0.2, 0.25) is 11.8 Å². The number of carbonyl (C=O) groups is 2. The SMILES string of the molecule is CC(C)C(=O)Nc1nc(CC(=O)N2CCN(C(C)C)CC2)cs1. The molecule has 1 fully saturated rings. The summed E-state index contributed by atoms with van der Waals surface area (Å²) < 4.78 is 0. The molecule has 7 heteroatoms. The van der Waals surface area contributed by atoms with Crippen molar-refractivity contribution in [3.05, 3.63) is 11.1 Å². The Labute approximate surface area is 141 Å². The van der Waals surface area contributed by atoms with E-state index >= 15 is 0 Å². The maximum absolute atomic E-state index is 12.4. The highest BCUT2D eigenvalue weighted by Crippen LogP contribution is 2.17. The maximum Gasteiger partial charge on any atom is 0.228 e. The topological polar surface area (TPSA) is 65.5 Å². The number of hydrogen-bond acceptors (Lipinski definition) is 5. The Kier molecular flexibility index (Phi) is 6.12. The van der Waals surface area contributed by atoms with E-state index in [9.17, 15) is 9.59 Å². The molecule has 2 heterocycles. The average Bonchev–Trinajstić information content (AvgIpc) is 2.94. The standard InChI is InChI=1S/C16H26N4O2S/c1-11(2)15(22)18-16-17-13(10-23-16)9-14(21)20-7-5-19(6-8-20)12(3)4/h10-12H,5-9H2,1-4H3,(H,17,18,22). The summed E-state index contributed by atoms with van der Waals surface area (Å²) in [6.45, 7) is 11.4. The third-order valence-electron chi connectivity index (χ3n) is 4.04. The Morgan fingerprint density at radius 1 is 1.22 bits per heavy atom. The second kappa shape index (κ2) is 7.88. The van der Waals surface area contributed by atoms with Crippen LogP contribution in [-0.2, 0) is 16.0 Å². The zero-order valence-corrected chi connectivity index (χ0v) is 15.2. The van der Waals surface area contributed by atoms with Crippen LogP contribution >= 0.6 is 11.3 Å². The highest BCUT2D eigenvalue weighted by molar-refractivity contribution is 7.13. The van der Waals surface area contributed by atoms with Crippen LogP contribution < -0.4 is 5.32 Å². The molecule has 1 aliphatic rings.